The van der Waals surface area contributed by atoms with E-state index in [1.807, 2.05) is 48.4 Å². The van der Waals surface area contributed by atoms with E-state index in [1.165, 1.54) is 0 Å². The molecule has 0 aliphatic carbocycles. The van der Waals surface area contributed by atoms with Crippen molar-refractivity contribution >= 4 is 34.9 Å². The first-order valence-electron chi connectivity index (χ1n) is 8.91. The fourth-order valence-corrected chi connectivity index (χ4v) is 3.94. The highest BCUT2D eigenvalue weighted by Gasteiger charge is 2.32. The molecule has 1 heterocycles. The normalized spacial score (nSPS) is 16.3. The lowest BCUT2D eigenvalue weighted by molar-refractivity contribution is -0.138. The lowest BCUT2D eigenvalue weighted by Crippen LogP contribution is -2.27. The van der Waals surface area contributed by atoms with E-state index in [0.29, 0.717) is 21.2 Å². The average molecular weight is 418 g/mol. The molecule has 1 atom stereocenters. The fraction of sp³-hybridized carbons (Fsp3) is 0.227. The number of carbonyl (C=O) groups is 1. The van der Waals surface area contributed by atoms with E-state index in [0.717, 1.165) is 17.1 Å². The van der Waals surface area contributed by atoms with Crippen LogP contribution in [0.1, 0.15) is 25.3 Å². The van der Waals surface area contributed by atoms with Crippen LogP contribution in [0.5, 0.6) is 5.75 Å². The number of esters is 1. The summed E-state index contributed by atoms with van der Waals surface area (Å²) < 4.78 is 10.7. The number of hydrogen-bond donors (Lipinski definition) is 0. The van der Waals surface area contributed by atoms with Crippen LogP contribution in [0, 0.1) is 0 Å². The summed E-state index contributed by atoms with van der Waals surface area (Å²) in [5.41, 5.74) is 2.81. The Labute approximate surface area is 175 Å². The standard InChI is InChI=1S/C22H21Cl2NO3/c1-4-28-22(26)20-14(2)25(15-7-5-8-16(13-15)27-3)12-11-17(20)21-18(23)9-6-10-19(21)24/h5-13,17H,4H2,1-3H3. The van der Waals surface area contributed by atoms with Gasteiger partial charge in [-0.1, -0.05) is 41.4 Å². The van der Waals surface area contributed by atoms with Gasteiger partial charge in [-0.15, -0.1) is 0 Å². The first kappa shape index (κ1) is 20.3. The van der Waals surface area contributed by atoms with Crippen molar-refractivity contribution in [1.29, 1.82) is 0 Å². The number of benzene rings is 2. The summed E-state index contributed by atoms with van der Waals surface area (Å²) in [6.07, 6.45) is 3.82. The summed E-state index contributed by atoms with van der Waals surface area (Å²) in [5.74, 6) is -0.0620. The van der Waals surface area contributed by atoms with Crippen molar-refractivity contribution in [2.45, 2.75) is 19.8 Å². The topological polar surface area (TPSA) is 38.8 Å². The Morgan fingerprint density at radius 3 is 2.46 bits per heavy atom. The molecule has 1 unspecified atom stereocenters. The third-order valence-corrected chi connectivity index (χ3v) is 5.29. The minimum absolute atomic E-state index is 0.279. The van der Waals surface area contributed by atoms with Crippen molar-refractivity contribution in [2.24, 2.45) is 0 Å². The predicted molar refractivity (Wildman–Crippen MR) is 113 cm³/mol. The van der Waals surface area contributed by atoms with Crippen molar-refractivity contribution in [1.82, 2.24) is 0 Å². The second-order valence-electron chi connectivity index (χ2n) is 6.25. The smallest absolute Gasteiger partial charge is 0.336 e. The molecule has 1 aliphatic rings. The zero-order chi connectivity index (χ0) is 20.3. The van der Waals surface area contributed by atoms with Gasteiger partial charge in [-0.25, -0.2) is 4.79 Å². The molecule has 0 spiro atoms. The molecular weight excluding hydrogens is 397 g/mol. The van der Waals surface area contributed by atoms with E-state index in [-0.39, 0.29) is 6.61 Å². The molecular formula is C22H21Cl2NO3. The molecule has 1 aliphatic heterocycles. The quantitative estimate of drug-likeness (QED) is 0.562. The SMILES string of the molecule is CCOC(=O)C1=C(C)N(c2cccc(OC)c2)C=CC1c1c(Cl)cccc1Cl. The number of methoxy groups -OCH3 is 1. The van der Waals surface area contributed by atoms with Gasteiger partial charge in [0.1, 0.15) is 5.75 Å². The molecule has 3 rings (SSSR count). The molecule has 0 bridgehead atoms. The molecule has 146 valence electrons. The van der Waals surface area contributed by atoms with Crippen LogP contribution in [0.2, 0.25) is 10.0 Å². The van der Waals surface area contributed by atoms with Crippen LogP contribution in [-0.4, -0.2) is 19.7 Å². The molecule has 2 aromatic carbocycles. The summed E-state index contributed by atoms with van der Waals surface area (Å²) in [4.78, 5) is 14.8. The summed E-state index contributed by atoms with van der Waals surface area (Å²) >= 11 is 12.9. The molecule has 0 amide bonds. The number of carbonyl (C=O) groups excluding carboxylic acids is 1. The Bertz CT molecular complexity index is 932. The number of rotatable bonds is 5. The third-order valence-electron chi connectivity index (χ3n) is 4.63. The maximum atomic E-state index is 12.9. The van der Waals surface area contributed by atoms with Crippen LogP contribution in [0.4, 0.5) is 5.69 Å². The molecule has 0 aromatic heterocycles. The van der Waals surface area contributed by atoms with E-state index in [4.69, 9.17) is 32.7 Å². The van der Waals surface area contributed by atoms with Crippen LogP contribution < -0.4 is 9.64 Å². The molecule has 0 N–H and O–H groups in total. The second kappa shape index (κ2) is 8.72. The van der Waals surface area contributed by atoms with Gasteiger partial charge in [0.15, 0.2) is 0 Å². The monoisotopic (exact) mass is 417 g/mol. The van der Waals surface area contributed by atoms with Gasteiger partial charge in [0.25, 0.3) is 0 Å². The highest BCUT2D eigenvalue weighted by atomic mass is 35.5. The summed E-state index contributed by atoms with van der Waals surface area (Å²) in [7, 11) is 1.62. The number of allylic oxidation sites excluding steroid dienone is 2. The lowest BCUT2D eigenvalue weighted by Gasteiger charge is -2.32. The van der Waals surface area contributed by atoms with Crippen molar-refractivity contribution in [3.05, 3.63) is 81.6 Å². The molecule has 0 saturated heterocycles. The van der Waals surface area contributed by atoms with Crippen molar-refractivity contribution in [3.63, 3.8) is 0 Å². The van der Waals surface area contributed by atoms with Crippen LogP contribution in [0.25, 0.3) is 0 Å². The zero-order valence-electron chi connectivity index (χ0n) is 15.9. The Hall–Kier alpha value is -2.43. The number of hydrogen-bond acceptors (Lipinski definition) is 4. The van der Waals surface area contributed by atoms with Gasteiger partial charge in [-0.3, -0.25) is 0 Å². The van der Waals surface area contributed by atoms with Crippen LogP contribution >= 0.6 is 23.2 Å². The van der Waals surface area contributed by atoms with Gasteiger partial charge < -0.3 is 14.4 Å². The first-order chi connectivity index (χ1) is 13.5. The van der Waals surface area contributed by atoms with Crippen molar-refractivity contribution in [2.75, 3.05) is 18.6 Å². The molecule has 2 aromatic rings. The minimum Gasteiger partial charge on any atom is -0.497 e. The number of nitrogens with zero attached hydrogens (tertiary/aromatic N) is 1. The maximum Gasteiger partial charge on any atom is 0.336 e. The molecule has 0 fully saturated rings. The molecule has 0 radical (unpaired) electrons. The largest absolute Gasteiger partial charge is 0.497 e. The summed E-state index contributed by atoms with van der Waals surface area (Å²) in [5, 5.41) is 1.01. The Morgan fingerprint density at radius 1 is 1.14 bits per heavy atom. The molecule has 4 nitrogen and oxygen atoms in total. The second-order valence-corrected chi connectivity index (χ2v) is 7.06. The average Bonchev–Trinajstić information content (AvgIpc) is 2.68. The predicted octanol–water partition coefficient (Wildman–Crippen LogP) is 5.96. The van der Waals surface area contributed by atoms with E-state index in [2.05, 4.69) is 0 Å². The number of halogens is 2. The van der Waals surface area contributed by atoms with Crippen LogP contribution in [-0.2, 0) is 9.53 Å². The number of ether oxygens (including phenoxy) is 2. The maximum absolute atomic E-state index is 12.9. The van der Waals surface area contributed by atoms with Gasteiger partial charge in [0.2, 0.25) is 0 Å². The Morgan fingerprint density at radius 2 is 1.82 bits per heavy atom. The van der Waals surface area contributed by atoms with Crippen molar-refractivity contribution < 1.29 is 14.3 Å². The van der Waals surface area contributed by atoms with Crippen LogP contribution in [0.15, 0.2) is 66.0 Å². The zero-order valence-corrected chi connectivity index (χ0v) is 17.4. The van der Waals surface area contributed by atoms with Gasteiger partial charge in [0, 0.05) is 45.2 Å². The summed E-state index contributed by atoms with van der Waals surface area (Å²) in [6, 6.07) is 12.9. The first-order valence-corrected chi connectivity index (χ1v) is 9.67. The van der Waals surface area contributed by atoms with Crippen LogP contribution in [0.3, 0.4) is 0 Å². The fourth-order valence-electron chi connectivity index (χ4n) is 3.31. The summed E-state index contributed by atoms with van der Waals surface area (Å²) in [6.45, 7) is 3.94. The highest BCUT2D eigenvalue weighted by Crippen LogP contribution is 2.42. The van der Waals surface area contributed by atoms with E-state index < -0.39 is 11.9 Å². The molecule has 6 heteroatoms. The molecule has 28 heavy (non-hydrogen) atoms. The minimum atomic E-state index is -0.401. The van der Waals surface area contributed by atoms with E-state index >= 15 is 0 Å². The van der Waals surface area contributed by atoms with Gasteiger partial charge in [-0.2, -0.15) is 0 Å². The third kappa shape index (κ3) is 3.89. The lowest BCUT2D eigenvalue weighted by atomic mass is 9.87. The van der Waals surface area contributed by atoms with E-state index in [9.17, 15) is 4.79 Å². The highest BCUT2D eigenvalue weighted by molar-refractivity contribution is 6.36. The molecule has 0 saturated carbocycles. The van der Waals surface area contributed by atoms with Gasteiger partial charge in [0.05, 0.1) is 19.3 Å². The number of anilines is 1. The Kier molecular flexibility index (Phi) is 6.32. The van der Waals surface area contributed by atoms with Gasteiger partial charge in [-0.05, 0) is 38.1 Å². The van der Waals surface area contributed by atoms with Gasteiger partial charge >= 0.3 is 5.97 Å². The van der Waals surface area contributed by atoms with Crippen molar-refractivity contribution in [3.8, 4) is 5.75 Å². The van der Waals surface area contributed by atoms with E-state index in [1.54, 1.807) is 32.2 Å². The Balaban J connectivity index is 2.13.